The van der Waals surface area contributed by atoms with Crippen molar-refractivity contribution < 1.29 is 9.18 Å². The van der Waals surface area contributed by atoms with Gasteiger partial charge in [0.25, 0.3) is 0 Å². The van der Waals surface area contributed by atoms with E-state index >= 15 is 4.39 Å². The molecule has 3 nitrogen and oxygen atoms in total. The van der Waals surface area contributed by atoms with Gasteiger partial charge in [0.15, 0.2) is 0 Å². The van der Waals surface area contributed by atoms with Crippen LogP contribution < -0.4 is 5.73 Å². The second-order valence-corrected chi connectivity index (χ2v) is 7.76. The number of nitrogens with zero attached hydrogens (tertiary/aromatic N) is 1. The summed E-state index contributed by atoms with van der Waals surface area (Å²) in [6, 6.07) is 27.3. The van der Waals surface area contributed by atoms with Gasteiger partial charge >= 0.3 is 0 Å². The van der Waals surface area contributed by atoms with Gasteiger partial charge in [0.05, 0.1) is 11.6 Å². The lowest BCUT2D eigenvalue weighted by Crippen LogP contribution is -2.25. The summed E-state index contributed by atoms with van der Waals surface area (Å²) >= 11 is 0. The Bertz CT molecular complexity index is 1230. The van der Waals surface area contributed by atoms with Crippen LogP contribution in [0.5, 0.6) is 0 Å². The van der Waals surface area contributed by atoms with Gasteiger partial charge in [-0.25, -0.2) is 4.39 Å². The first-order valence-electron chi connectivity index (χ1n) is 10.4. The first-order chi connectivity index (χ1) is 15.1. The van der Waals surface area contributed by atoms with E-state index in [4.69, 9.17) is 5.73 Å². The van der Waals surface area contributed by atoms with Crippen LogP contribution in [0.1, 0.15) is 18.1 Å². The molecule has 0 aliphatic heterocycles. The molecule has 4 heteroatoms. The number of benzene rings is 3. The predicted octanol–water partition coefficient (Wildman–Crippen LogP) is 5.98. The van der Waals surface area contributed by atoms with Crippen LogP contribution in [0.2, 0.25) is 0 Å². The molecule has 1 heterocycles. The van der Waals surface area contributed by atoms with Gasteiger partial charge in [-0.1, -0.05) is 85.8 Å². The molecule has 1 atom stereocenters. The Hall–Kier alpha value is -3.66. The maximum atomic E-state index is 15.8. The number of para-hydroxylation sites is 1. The van der Waals surface area contributed by atoms with Crippen molar-refractivity contribution in [3.05, 3.63) is 102 Å². The highest BCUT2D eigenvalue weighted by molar-refractivity contribution is 5.99. The number of rotatable bonds is 7. The molecule has 1 amide bonds. The van der Waals surface area contributed by atoms with Crippen molar-refractivity contribution in [3.8, 4) is 11.3 Å². The van der Waals surface area contributed by atoms with E-state index in [9.17, 15) is 4.79 Å². The summed E-state index contributed by atoms with van der Waals surface area (Å²) in [5, 5.41) is 0.819. The first kappa shape index (κ1) is 20.6. The Morgan fingerprint density at radius 3 is 2.26 bits per heavy atom. The molecule has 1 unspecified atom stereocenters. The van der Waals surface area contributed by atoms with Crippen LogP contribution in [0.4, 0.5) is 4.39 Å². The average molecular weight is 413 g/mol. The van der Waals surface area contributed by atoms with Gasteiger partial charge < -0.3 is 10.3 Å². The van der Waals surface area contributed by atoms with Crippen LogP contribution in [-0.4, -0.2) is 10.5 Å². The van der Waals surface area contributed by atoms with E-state index in [1.54, 1.807) is 13.0 Å². The summed E-state index contributed by atoms with van der Waals surface area (Å²) < 4.78 is 17.8. The molecule has 0 saturated heterocycles. The molecule has 156 valence electrons. The Kier molecular flexibility index (Phi) is 5.99. The number of hydrogen-bond donors (Lipinski definition) is 1. The van der Waals surface area contributed by atoms with Crippen molar-refractivity contribution in [2.24, 2.45) is 11.7 Å². The van der Waals surface area contributed by atoms with Gasteiger partial charge in [0.1, 0.15) is 5.83 Å². The van der Waals surface area contributed by atoms with Crippen LogP contribution >= 0.6 is 0 Å². The van der Waals surface area contributed by atoms with E-state index in [2.05, 4.69) is 0 Å². The number of carbonyl (C=O) groups excluding carboxylic acids is 1. The summed E-state index contributed by atoms with van der Waals surface area (Å²) in [6.45, 7) is 2.18. The normalized spacial score (nSPS) is 12.8. The van der Waals surface area contributed by atoms with E-state index < -0.39 is 0 Å². The summed E-state index contributed by atoms with van der Waals surface area (Å²) in [6.07, 6.45) is 2.13. The summed E-state index contributed by atoms with van der Waals surface area (Å²) in [5.41, 5.74) is 9.69. The molecule has 0 saturated carbocycles. The van der Waals surface area contributed by atoms with Gasteiger partial charge in [-0.05, 0) is 29.7 Å². The predicted molar refractivity (Wildman–Crippen MR) is 125 cm³/mol. The number of allylic oxidation sites excluding steroid dienone is 1. The molecule has 3 aromatic carbocycles. The first-order valence-corrected chi connectivity index (χ1v) is 10.4. The fraction of sp³-hybridized carbons (Fsp3) is 0.148. The number of nitrogens with two attached hydrogens (primary N) is 1. The minimum Gasteiger partial charge on any atom is -0.369 e. The Balaban J connectivity index is 1.92. The van der Waals surface area contributed by atoms with Crippen LogP contribution in [-0.2, 0) is 17.8 Å². The highest BCUT2D eigenvalue weighted by Crippen LogP contribution is 2.39. The molecule has 31 heavy (non-hydrogen) atoms. The SMILES string of the molecule is CC(Cn1c(-c2ccccc2)c(/C(F)=C/Cc2ccccc2)c2ccccc21)C(N)=O. The number of aromatic nitrogens is 1. The minimum absolute atomic E-state index is 0.274. The van der Waals surface area contributed by atoms with E-state index in [1.807, 2.05) is 89.5 Å². The average Bonchev–Trinajstić information content (AvgIpc) is 3.13. The number of primary amides is 1. The number of fused-ring (bicyclic) bond motifs is 1. The Morgan fingerprint density at radius 1 is 0.968 bits per heavy atom. The molecule has 0 aliphatic rings. The van der Waals surface area contributed by atoms with Crippen molar-refractivity contribution in [2.45, 2.75) is 19.9 Å². The van der Waals surface area contributed by atoms with Crippen LogP contribution in [0.3, 0.4) is 0 Å². The molecule has 4 rings (SSSR count). The van der Waals surface area contributed by atoms with Gasteiger partial charge in [0.2, 0.25) is 5.91 Å². The lowest BCUT2D eigenvalue weighted by Gasteiger charge is -2.15. The van der Waals surface area contributed by atoms with E-state index in [-0.39, 0.29) is 17.7 Å². The molecule has 0 fully saturated rings. The number of halogens is 1. The molecule has 4 aromatic rings. The van der Waals surface area contributed by atoms with Crippen LogP contribution in [0, 0.1) is 5.92 Å². The molecule has 1 aromatic heterocycles. The van der Waals surface area contributed by atoms with Crippen molar-refractivity contribution in [3.63, 3.8) is 0 Å². The van der Waals surface area contributed by atoms with Gasteiger partial charge in [-0.2, -0.15) is 0 Å². The van der Waals surface area contributed by atoms with Gasteiger partial charge in [-0.15, -0.1) is 0 Å². The molecule has 0 bridgehead atoms. The van der Waals surface area contributed by atoms with Crippen molar-refractivity contribution in [2.75, 3.05) is 0 Å². The third kappa shape index (κ3) is 4.29. The molecule has 0 spiro atoms. The van der Waals surface area contributed by atoms with Crippen molar-refractivity contribution in [1.82, 2.24) is 4.57 Å². The maximum Gasteiger partial charge on any atom is 0.222 e. The Morgan fingerprint density at radius 2 is 1.58 bits per heavy atom. The van der Waals surface area contributed by atoms with E-state index in [1.165, 1.54) is 0 Å². The summed E-state index contributed by atoms with van der Waals surface area (Å²) in [5.74, 6) is -1.04. The minimum atomic E-state index is -0.387. The maximum absolute atomic E-state index is 15.8. The van der Waals surface area contributed by atoms with E-state index in [0.29, 0.717) is 18.5 Å². The zero-order valence-corrected chi connectivity index (χ0v) is 17.5. The third-order valence-corrected chi connectivity index (χ3v) is 5.56. The van der Waals surface area contributed by atoms with Crippen molar-refractivity contribution >= 4 is 22.6 Å². The molecular formula is C27H25FN2O. The largest absolute Gasteiger partial charge is 0.369 e. The van der Waals surface area contributed by atoms with E-state index in [0.717, 1.165) is 27.7 Å². The fourth-order valence-electron chi connectivity index (χ4n) is 3.92. The topological polar surface area (TPSA) is 48.0 Å². The lowest BCUT2D eigenvalue weighted by atomic mass is 10.0. The summed E-state index contributed by atoms with van der Waals surface area (Å²) in [7, 11) is 0. The highest BCUT2D eigenvalue weighted by atomic mass is 19.1. The molecule has 2 N–H and O–H groups in total. The smallest absolute Gasteiger partial charge is 0.222 e. The van der Waals surface area contributed by atoms with Crippen molar-refractivity contribution in [1.29, 1.82) is 0 Å². The monoisotopic (exact) mass is 412 g/mol. The van der Waals surface area contributed by atoms with Crippen LogP contribution in [0.25, 0.3) is 28.0 Å². The molecular weight excluding hydrogens is 387 g/mol. The molecule has 0 aliphatic carbocycles. The quantitative estimate of drug-likeness (QED) is 0.399. The third-order valence-electron chi connectivity index (χ3n) is 5.56. The second kappa shape index (κ2) is 9.00. The molecule has 0 radical (unpaired) electrons. The number of hydrogen-bond acceptors (Lipinski definition) is 1. The van der Waals surface area contributed by atoms with Gasteiger partial charge in [0, 0.05) is 23.0 Å². The second-order valence-electron chi connectivity index (χ2n) is 7.76. The zero-order chi connectivity index (χ0) is 21.8. The summed E-state index contributed by atoms with van der Waals surface area (Å²) in [4.78, 5) is 11.8. The van der Waals surface area contributed by atoms with Gasteiger partial charge in [-0.3, -0.25) is 4.79 Å². The Labute approximate surface area is 181 Å². The number of amides is 1. The standard InChI is InChI=1S/C27H25FN2O/c1-19(27(29)31)18-30-24-15-9-8-14-22(24)25(26(30)21-12-6-3-7-13-21)23(28)17-16-20-10-4-2-5-11-20/h2-15,17,19H,16,18H2,1H3,(H2,29,31)/b23-17-. The number of carbonyl (C=O) groups is 1. The van der Waals surface area contributed by atoms with Crippen LogP contribution in [0.15, 0.2) is 91.0 Å². The fourth-order valence-corrected chi connectivity index (χ4v) is 3.92. The highest BCUT2D eigenvalue weighted by Gasteiger charge is 2.23. The lowest BCUT2D eigenvalue weighted by molar-refractivity contribution is -0.121. The zero-order valence-electron chi connectivity index (χ0n) is 17.5.